The second kappa shape index (κ2) is 8.42. The average molecular weight is 478 g/mol. The molecule has 0 bridgehead atoms. The average Bonchev–Trinajstić information content (AvgIpc) is 3.45. The minimum Gasteiger partial charge on any atom is -0.485 e. The molecule has 5 rings (SSSR count). The zero-order chi connectivity index (χ0) is 26.0. The van der Waals surface area contributed by atoms with Gasteiger partial charge in [0.25, 0.3) is 0 Å². The van der Waals surface area contributed by atoms with Gasteiger partial charge >= 0.3 is 0 Å². The quantitative estimate of drug-likeness (QED) is 0.556. The SMILES string of the molecule is [2H]C1([2H])C(=O)N(Cc2cc3nccc(-c4cc(Cl)cc(C)c4O[C@@H]4CNC[C@@H]4F)c3s2)C(=O)C1([2H])[2H]. The third kappa shape index (κ3) is 3.87. The van der Waals surface area contributed by atoms with E-state index < -0.39 is 36.8 Å². The summed E-state index contributed by atoms with van der Waals surface area (Å²) in [7, 11) is 0. The van der Waals surface area contributed by atoms with Gasteiger partial charge in [-0.05, 0) is 36.8 Å². The van der Waals surface area contributed by atoms with Crippen LogP contribution in [0.3, 0.4) is 0 Å². The minimum absolute atomic E-state index is 0.213. The van der Waals surface area contributed by atoms with E-state index in [9.17, 15) is 14.0 Å². The molecule has 2 atom stereocenters. The van der Waals surface area contributed by atoms with E-state index in [0.717, 1.165) is 5.56 Å². The Labute approximate surface area is 199 Å². The first-order valence-electron chi connectivity index (χ1n) is 12.0. The van der Waals surface area contributed by atoms with Crippen molar-refractivity contribution in [3.8, 4) is 16.9 Å². The Balaban J connectivity index is 1.55. The maximum atomic E-state index is 14.3. The lowest BCUT2D eigenvalue weighted by molar-refractivity contribution is -0.138. The molecule has 4 heterocycles. The van der Waals surface area contributed by atoms with Crippen molar-refractivity contribution < 1.29 is 24.2 Å². The predicted molar refractivity (Wildman–Crippen MR) is 122 cm³/mol. The summed E-state index contributed by atoms with van der Waals surface area (Å²) < 4.78 is 52.1. The van der Waals surface area contributed by atoms with E-state index in [1.54, 1.807) is 30.5 Å². The first-order chi connectivity index (χ1) is 16.9. The van der Waals surface area contributed by atoms with Crippen LogP contribution in [0.1, 0.15) is 28.7 Å². The van der Waals surface area contributed by atoms with Crippen LogP contribution in [-0.4, -0.2) is 47.1 Å². The molecule has 166 valence electrons. The normalized spacial score (nSPS) is 26.2. The highest BCUT2D eigenvalue weighted by Gasteiger charge is 2.31. The lowest BCUT2D eigenvalue weighted by atomic mass is 10.0. The molecule has 2 aromatic heterocycles. The number of pyridine rings is 1. The van der Waals surface area contributed by atoms with Gasteiger partial charge in [0.1, 0.15) is 11.9 Å². The largest absolute Gasteiger partial charge is 0.485 e. The van der Waals surface area contributed by atoms with Crippen LogP contribution in [0.4, 0.5) is 4.39 Å². The number of hydrogen-bond acceptors (Lipinski definition) is 6. The number of imide groups is 1. The summed E-state index contributed by atoms with van der Waals surface area (Å²) >= 11 is 7.60. The van der Waals surface area contributed by atoms with Gasteiger partial charge < -0.3 is 10.1 Å². The third-order valence-corrected chi connectivity index (χ3v) is 6.79. The maximum Gasteiger partial charge on any atom is 0.230 e. The number of rotatable bonds is 5. The lowest BCUT2D eigenvalue weighted by Crippen LogP contribution is -2.27. The van der Waals surface area contributed by atoms with E-state index in [2.05, 4.69) is 10.3 Å². The first-order valence-corrected chi connectivity index (χ1v) is 11.2. The number of benzene rings is 1. The number of aromatic nitrogens is 1. The number of aryl methyl sites for hydroxylation is 1. The number of nitrogens with zero attached hydrogens (tertiary/aromatic N) is 2. The van der Waals surface area contributed by atoms with Crippen LogP contribution >= 0.6 is 22.9 Å². The van der Waals surface area contributed by atoms with Gasteiger partial charge in [0.2, 0.25) is 11.8 Å². The number of thiophene rings is 1. The van der Waals surface area contributed by atoms with Crippen molar-refractivity contribution in [2.45, 2.75) is 38.5 Å². The Morgan fingerprint density at radius 3 is 2.78 bits per heavy atom. The van der Waals surface area contributed by atoms with Crippen molar-refractivity contribution in [2.24, 2.45) is 0 Å². The molecule has 6 nitrogen and oxygen atoms in total. The van der Waals surface area contributed by atoms with E-state index in [1.165, 1.54) is 11.3 Å². The summed E-state index contributed by atoms with van der Waals surface area (Å²) in [6.07, 6.45) is -6.11. The van der Waals surface area contributed by atoms with Gasteiger partial charge in [-0.2, -0.15) is 0 Å². The van der Waals surface area contributed by atoms with Crippen LogP contribution in [0.5, 0.6) is 5.75 Å². The number of hydrogen-bond donors (Lipinski definition) is 1. The number of ether oxygens (including phenoxy) is 1. The van der Waals surface area contributed by atoms with Crippen molar-refractivity contribution in [1.29, 1.82) is 0 Å². The zero-order valence-corrected chi connectivity index (χ0v) is 18.5. The molecule has 2 fully saturated rings. The number of halogens is 2. The van der Waals surface area contributed by atoms with Crippen LogP contribution < -0.4 is 10.1 Å². The minimum atomic E-state index is -2.95. The van der Waals surface area contributed by atoms with Gasteiger partial charge in [-0.1, -0.05) is 11.6 Å². The first kappa shape index (κ1) is 17.0. The van der Waals surface area contributed by atoms with Crippen molar-refractivity contribution in [3.05, 3.63) is 45.9 Å². The molecule has 0 unspecified atom stereocenters. The molecule has 2 aliphatic heterocycles. The number of carbonyl (C=O) groups excluding carboxylic acids is 2. The Morgan fingerprint density at radius 2 is 2.06 bits per heavy atom. The van der Waals surface area contributed by atoms with E-state index in [4.69, 9.17) is 21.8 Å². The summed E-state index contributed by atoms with van der Waals surface area (Å²) in [6, 6.07) is 6.90. The molecule has 2 aliphatic rings. The Hall–Kier alpha value is -2.55. The highest BCUT2D eigenvalue weighted by molar-refractivity contribution is 7.19. The lowest BCUT2D eigenvalue weighted by Gasteiger charge is -2.20. The van der Waals surface area contributed by atoms with Gasteiger partial charge in [0.05, 0.1) is 16.8 Å². The number of carbonyl (C=O) groups is 2. The number of amides is 2. The second-order valence-corrected chi connectivity index (χ2v) is 9.24. The molecule has 9 heteroatoms. The Kier molecular flexibility index (Phi) is 4.47. The highest BCUT2D eigenvalue weighted by atomic mass is 35.5. The van der Waals surface area contributed by atoms with Gasteiger partial charge in [-0.15, -0.1) is 11.3 Å². The summed E-state index contributed by atoms with van der Waals surface area (Å²) in [5.41, 5.74) is 2.65. The summed E-state index contributed by atoms with van der Waals surface area (Å²) in [6.45, 7) is 2.12. The molecule has 1 N–H and O–H groups in total. The van der Waals surface area contributed by atoms with Gasteiger partial charge in [-0.3, -0.25) is 19.5 Å². The molecular weight excluding hydrogens is 453 g/mol. The highest BCUT2D eigenvalue weighted by Crippen LogP contribution is 2.42. The van der Waals surface area contributed by atoms with E-state index in [1.807, 2.05) is 6.92 Å². The fraction of sp³-hybridized carbons (Fsp3) is 0.348. The van der Waals surface area contributed by atoms with E-state index >= 15 is 0 Å². The molecule has 0 aliphatic carbocycles. The fourth-order valence-corrected chi connectivity index (χ4v) is 5.29. The van der Waals surface area contributed by atoms with E-state index in [0.29, 0.717) is 48.4 Å². The maximum absolute atomic E-state index is 14.3. The van der Waals surface area contributed by atoms with Crippen molar-refractivity contribution in [2.75, 3.05) is 13.1 Å². The van der Waals surface area contributed by atoms with Gasteiger partial charge in [0.15, 0.2) is 6.17 Å². The van der Waals surface area contributed by atoms with E-state index in [-0.39, 0.29) is 13.1 Å². The molecule has 0 spiro atoms. The molecule has 32 heavy (non-hydrogen) atoms. The van der Waals surface area contributed by atoms with Crippen LogP contribution in [0.2, 0.25) is 5.02 Å². The smallest absolute Gasteiger partial charge is 0.230 e. The van der Waals surface area contributed by atoms with Crippen LogP contribution in [-0.2, 0) is 16.1 Å². The number of fused-ring (bicyclic) bond motifs is 1. The number of nitrogens with one attached hydrogen (secondary N) is 1. The number of alkyl halides is 1. The van der Waals surface area contributed by atoms with Gasteiger partial charge in [0, 0.05) is 58.5 Å². The summed E-state index contributed by atoms with van der Waals surface area (Å²) in [4.78, 5) is 30.5. The molecule has 0 radical (unpaired) electrons. The molecule has 2 amide bonds. The van der Waals surface area contributed by atoms with Crippen LogP contribution in [0.25, 0.3) is 21.3 Å². The van der Waals surface area contributed by atoms with Crippen molar-refractivity contribution in [1.82, 2.24) is 15.2 Å². The molecule has 1 aromatic carbocycles. The van der Waals surface area contributed by atoms with Crippen molar-refractivity contribution >= 4 is 45.0 Å². The topological polar surface area (TPSA) is 71.5 Å². The fourth-order valence-electron chi connectivity index (χ4n) is 3.89. The van der Waals surface area contributed by atoms with Gasteiger partial charge in [-0.25, -0.2) is 4.39 Å². The second-order valence-electron chi connectivity index (χ2n) is 7.66. The molecular formula is C23H21ClFN3O3S. The molecule has 3 aromatic rings. The predicted octanol–water partition coefficient (Wildman–Crippen LogP) is 4.26. The Bertz CT molecular complexity index is 1380. The van der Waals surface area contributed by atoms with Crippen LogP contribution in [0, 0.1) is 6.92 Å². The van der Waals surface area contributed by atoms with Crippen molar-refractivity contribution in [3.63, 3.8) is 0 Å². The summed E-state index contributed by atoms with van der Waals surface area (Å²) in [5.74, 6) is -1.94. The van der Waals surface area contributed by atoms with Crippen LogP contribution in [0.15, 0.2) is 30.5 Å². The molecule has 0 saturated carbocycles. The molecule has 2 saturated heterocycles. The zero-order valence-electron chi connectivity index (χ0n) is 20.9. The summed E-state index contributed by atoms with van der Waals surface area (Å²) in [5, 5.41) is 3.44. The Morgan fingerprint density at radius 1 is 1.28 bits per heavy atom. The monoisotopic (exact) mass is 477 g/mol. The number of likely N-dealkylation sites (tertiary alicyclic amines) is 1. The standard InChI is InChI=1S/C23H21ClFN3O3S/c1-12-6-13(24)7-16(22(12)31-19-10-26-9-17(19)25)15-4-5-27-18-8-14(32-23(15)18)11-28-20(29)2-3-21(28)30/h4-8,17,19,26H,2-3,9-11H2,1H3/t17-,19+/m0/s1/i2D2,3D2. The third-order valence-electron chi connectivity index (χ3n) is 5.43.